The lowest BCUT2D eigenvalue weighted by Gasteiger charge is -2.44. The van der Waals surface area contributed by atoms with Crippen molar-refractivity contribution in [2.45, 2.75) is 50.6 Å². The third kappa shape index (κ3) is 5.61. The highest BCUT2D eigenvalue weighted by atomic mass is 35.5. The van der Waals surface area contributed by atoms with E-state index < -0.39 is 22.3 Å². The molecule has 0 N–H and O–H groups in total. The van der Waals surface area contributed by atoms with Crippen molar-refractivity contribution in [3.8, 4) is 16.9 Å². The summed E-state index contributed by atoms with van der Waals surface area (Å²) < 4.78 is 28.7. The van der Waals surface area contributed by atoms with Gasteiger partial charge in [0.25, 0.3) is 0 Å². The molecule has 0 saturated carbocycles. The van der Waals surface area contributed by atoms with Crippen molar-refractivity contribution in [2.24, 2.45) is 0 Å². The number of carbonyl (C=O) groups excluding carboxylic acids is 1. The predicted octanol–water partition coefficient (Wildman–Crippen LogP) is 5.71. The number of hydrogen-bond donors (Lipinski definition) is 0. The number of hydrogen-bond acceptors (Lipinski definition) is 6. The number of aromatic nitrogens is 3. The van der Waals surface area contributed by atoms with Crippen molar-refractivity contribution in [3.63, 3.8) is 0 Å². The quantitative estimate of drug-likeness (QED) is 0.256. The van der Waals surface area contributed by atoms with Crippen LogP contribution in [0.5, 0.6) is 0 Å². The van der Waals surface area contributed by atoms with Crippen molar-refractivity contribution in [2.75, 3.05) is 24.2 Å². The Kier molecular flexibility index (Phi) is 8.54. The van der Waals surface area contributed by atoms with E-state index in [1.165, 1.54) is 16.7 Å². The topological polar surface area (TPSA) is 88.4 Å². The van der Waals surface area contributed by atoms with E-state index in [9.17, 15) is 18.2 Å². The third-order valence-electron chi connectivity index (χ3n) is 7.84. The molecular weight excluding hydrogens is 589 g/mol. The molecule has 1 saturated heterocycles. The number of anilines is 1. The molecule has 3 atom stereocenters. The predicted molar refractivity (Wildman–Crippen MR) is 170 cm³/mol. The third-order valence-corrected chi connectivity index (χ3v) is 9.05. The van der Waals surface area contributed by atoms with E-state index in [4.69, 9.17) is 16.6 Å². The summed E-state index contributed by atoms with van der Waals surface area (Å²) in [6, 6.07) is 12.8. The first kappa shape index (κ1) is 30.6. The molecule has 5 rings (SSSR count). The number of amides is 1. The molecule has 0 spiro atoms. The summed E-state index contributed by atoms with van der Waals surface area (Å²) in [5, 5.41) is 0.706. The van der Waals surface area contributed by atoms with Crippen LogP contribution in [-0.2, 0) is 15.6 Å². The van der Waals surface area contributed by atoms with E-state index in [2.05, 4.69) is 11.6 Å². The van der Waals surface area contributed by atoms with Crippen molar-refractivity contribution in [1.82, 2.24) is 19.4 Å². The molecule has 4 aromatic rings. The van der Waals surface area contributed by atoms with Crippen molar-refractivity contribution in [3.05, 3.63) is 88.1 Å². The van der Waals surface area contributed by atoms with E-state index >= 15 is 0 Å². The summed E-state index contributed by atoms with van der Waals surface area (Å²) in [7, 11) is -1.23. The molecular formula is C32H33ClFN5O3S. The molecule has 1 amide bonds. The highest BCUT2D eigenvalue weighted by molar-refractivity contribution is 7.84. The average Bonchev–Trinajstić information content (AvgIpc) is 2.97. The Balaban J connectivity index is 1.82. The van der Waals surface area contributed by atoms with Crippen LogP contribution in [0.3, 0.4) is 0 Å². The van der Waals surface area contributed by atoms with E-state index in [1.807, 2.05) is 38.7 Å². The Morgan fingerprint density at radius 3 is 2.49 bits per heavy atom. The molecule has 1 aliphatic heterocycles. The number of benzene rings is 2. The minimum absolute atomic E-state index is 0.0326. The zero-order valence-corrected chi connectivity index (χ0v) is 26.2. The van der Waals surface area contributed by atoms with Gasteiger partial charge in [-0.3, -0.25) is 9.00 Å². The molecule has 8 nitrogen and oxygen atoms in total. The van der Waals surface area contributed by atoms with Crippen LogP contribution < -0.4 is 10.6 Å². The summed E-state index contributed by atoms with van der Waals surface area (Å²) in [6.45, 7) is 12.3. The summed E-state index contributed by atoms with van der Waals surface area (Å²) >= 11 is 6.78. The van der Waals surface area contributed by atoms with Crippen LogP contribution in [0.4, 0.5) is 10.2 Å². The van der Waals surface area contributed by atoms with E-state index in [-0.39, 0.29) is 45.8 Å². The van der Waals surface area contributed by atoms with E-state index in [1.54, 1.807) is 47.6 Å². The number of fused-ring (bicyclic) bond motifs is 1. The number of pyridine rings is 1. The monoisotopic (exact) mass is 621 g/mol. The Morgan fingerprint density at radius 2 is 1.84 bits per heavy atom. The second-order valence-corrected chi connectivity index (χ2v) is 12.9. The van der Waals surface area contributed by atoms with E-state index in [0.29, 0.717) is 34.9 Å². The molecule has 3 unspecified atom stereocenters. The fourth-order valence-electron chi connectivity index (χ4n) is 5.61. The van der Waals surface area contributed by atoms with Crippen LogP contribution in [0, 0.1) is 5.82 Å². The molecule has 2 aromatic heterocycles. The van der Waals surface area contributed by atoms with Crippen LogP contribution in [0.1, 0.15) is 39.2 Å². The minimum atomic E-state index is -1.23. The first-order valence-electron chi connectivity index (χ1n) is 14.0. The van der Waals surface area contributed by atoms with Crippen molar-refractivity contribution < 1.29 is 13.4 Å². The van der Waals surface area contributed by atoms with Crippen LogP contribution in [0.25, 0.3) is 28.0 Å². The molecule has 0 radical (unpaired) electrons. The molecule has 0 bridgehead atoms. The van der Waals surface area contributed by atoms with E-state index in [0.717, 1.165) is 5.56 Å². The highest BCUT2D eigenvalue weighted by Gasteiger charge is 2.34. The zero-order chi connectivity index (χ0) is 31.2. The van der Waals surface area contributed by atoms with Gasteiger partial charge in [0.05, 0.1) is 21.8 Å². The van der Waals surface area contributed by atoms with Gasteiger partial charge < -0.3 is 9.80 Å². The lowest BCUT2D eigenvalue weighted by Crippen LogP contribution is -2.58. The Labute approximate surface area is 257 Å². The van der Waals surface area contributed by atoms with Gasteiger partial charge in [0.1, 0.15) is 11.6 Å². The summed E-state index contributed by atoms with van der Waals surface area (Å²) in [4.78, 5) is 40.3. The molecule has 3 heterocycles. The Bertz CT molecular complexity index is 1840. The molecule has 224 valence electrons. The zero-order valence-electron chi connectivity index (χ0n) is 24.7. The lowest BCUT2D eigenvalue weighted by atomic mass is 10.0. The first-order chi connectivity index (χ1) is 20.4. The number of piperazine rings is 1. The summed E-state index contributed by atoms with van der Waals surface area (Å²) in [5.41, 5.74) is 1.40. The van der Waals surface area contributed by atoms with Crippen molar-refractivity contribution >= 4 is 45.2 Å². The second-order valence-electron chi connectivity index (χ2n) is 11.1. The van der Waals surface area contributed by atoms with Gasteiger partial charge in [-0.2, -0.15) is 4.98 Å². The van der Waals surface area contributed by atoms with Crippen LogP contribution in [-0.4, -0.2) is 61.0 Å². The van der Waals surface area contributed by atoms with Gasteiger partial charge in [-0.05, 0) is 67.8 Å². The maximum atomic E-state index is 15.0. The standard InChI is InChI=1S/C32H33ClFN5O3S/c1-7-28(40)37-16-20(5)38(17-19(37)4)30-24-15-25(33)29(22-10-8-9-11-26(22)34)35-31(24)39(32(41)36-30)27-13-12-21(43(6)42)14-23(27)18(2)3/h7-15,18-20H,1,16-17H2,2-6H3. The van der Waals surface area contributed by atoms with Gasteiger partial charge in [0.2, 0.25) is 5.91 Å². The number of carbonyl (C=O) groups is 1. The summed E-state index contributed by atoms with van der Waals surface area (Å²) in [5.74, 6) is -0.311. The Morgan fingerprint density at radius 1 is 1.12 bits per heavy atom. The first-order valence-corrected chi connectivity index (χ1v) is 15.9. The number of rotatable bonds is 6. The van der Waals surface area contributed by atoms with Gasteiger partial charge in [0, 0.05) is 52.7 Å². The van der Waals surface area contributed by atoms with Crippen LogP contribution in [0.2, 0.25) is 5.02 Å². The molecule has 0 aliphatic carbocycles. The van der Waals surface area contributed by atoms with Gasteiger partial charge in [-0.25, -0.2) is 18.7 Å². The van der Waals surface area contributed by atoms with Crippen LogP contribution in [0.15, 0.2) is 70.9 Å². The number of halogens is 2. The van der Waals surface area contributed by atoms with Gasteiger partial charge in [-0.1, -0.05) is 44.2 Å². The highest BCUT2D eigenvalue weighted by Crippen LogP contribution is 2.36. The maximum Gasteiger partial charge on any atom is 0.355 e. The normalized spacial score (nSPS) is 17.9. The fraction of sp³-hybridized carbons (Fsp3) is 0.312. The maximum absolute atomic E-state index is 15.0. The minimum Gasteiger partial charge on any atom is -0.349 e. The molecule has 1 fully saturated rings. The Hall–Kier alpha value is -3.89. The smallest absolute Gasteiger partial charge is 0.349 e. The SMILES string of the molecule is C=CC(=O)N1CC(C)N(c2nc(=O)n(-c3ccc(S(C)=O)cc3C(C)C)c3nc(-c4ccccc4F)c(Cl)cc23)CC1C. The van der Waals surface area contributed by atoms with Gasteiger partial charge >= 0.3 is 5.69 Å². The molecule has 1 aliphatic rings. The second kappa shape index (κ2) is 12.0. The fourth-order valence-corrected chi connectivity index (χ4v) is 6.41. The van der Waals surface area contributed by atoms with Crippen molar-refractivity contribution in [1.29, 1.82) is 0 Å². The molecule has 43 heavy (non-hydrogen) atoms. The average molecular weight is 622 g/mol. The molecule has 2 aromatic carbocycles. The lowest BCUT2D eigenvalue weighted by molar-refractivity contribution is -0.128. The summed E-state index contributed by atoms with van der Waals surface area (Å²) in [6.07, 6.45) is 2.90. The van der Waals surface area contributed by atoms with Gasteiger partial charge in [0.15, 0.2) is 5.65 Å². The molecule has 11 heteroatoms. The number of nitrogens with zero attached hydrogens (tertiary/aromatic N) is 5. The largest absolute Gasteiger partial charge is 0.355 e. The van der Waals surface area contributed by atoms with Crippen LogP contribution >= 0.6 is 11.6 Å². The van der Waals surface area contributed by atoms with Gasteiger partial charge in [-0.15, -0.1) is 0 Å².